The van der Waals surface area contributed by atoms with Gasteiger partial charge in [-0.3, -0.25) is 4.98 Å². The molecule has 1 aromatic heterocycles. The second-order valence-electron chi connectivity index (χ2n) is 4.68. The molecule has 2 aromatic rings. The molecule has 1 unspecified atom stereocenters. The van der Waals surface area contributed by atoms with Gasteiger partial charge in [0.05, 0.1) is 11.8 Å². The molecule has 1 atom stereocenters. The molecule has 108 valence electrons. The molecular weight excluding hydrogens is 273 g/mol. The largest absolute Gasteiger partial charge is 1.00 e. The van der Waals surface area contributed by atoms with Crippen LogP contribution in [0.3, 0.4) is 0 Å². The van der Waals surface area contributed by atoms with Crippen LogP contribution in [0.25, 0.3) is 12.2 Å². The molecule has 0 radical (unpaired) electrons. The molecule has 0 bridgehead atoms. The molecule has 0 aliphatic carbocycles. The molecule has 0 amide bonds. The zero-order valence-electron chi connectivity index (χ0n) is 12.5. The summed E-state index contributed by atoms with van der Waals surface area (Å²) in [5, 5.41) is 20.2. The number of pyridine rings is 1. The molecule has 0 saturated heterocycles. The predicted octanol–water partition coefficient (Wildman–Crippen LogP) is -1.18. The summed E-state index contributed by atoms with van der Waals surface area (Å²) < 4.78 is 0. The zero-order valence-corrected chi connectivity index (χ0v) is 12.5. The van der Waals surface area contributed by atoms with E-state index in [4.69, 9.17) is 0 Å². The van der Waals surface area contributed by atoms with Crippen LogP contribution in [0.5, 0.6) is 0 Å². The second kappa shape index (κ2) is 9.22. The minimum Gasteiger partial charge on any atom is -0.550 e. The topological polar surface area (TPSA) is 73.2 Å². The van der Waals surface area contributed by atoms with Gasteiger partial charge in [0, 0.05) is 12.2 Å². The molecule has 1 N–H and O–H groups in total. The summed E-state index contributed by atoms with van der Waals surface area (Å²) in [6.45, 7) is 0. The Labute approximate surface area is 141 Å². The van der Waals surface area contributed by atoms with Gasteiger partial charge in [-0.25, -0.2) is 0 Å². The van der Waals surface area contributed by atoms with Crippen molar-refractivity contribution in [3.05, 3.63) is 65.5 Å². The van der Waals surface area contributed by atoms with Crippen molar-refractivity contribution in [1.29, 1.82) is 0 Å². The van der Waals surface area contributed by atoms with Crippen molar-refractivity contribution in [2.24, 2.45) is 0 Å². The first-order valence-electron chi connectivity index (χ1n) is 6.72. The number of aliphatic hydroxyl groups excluding tert-OH is 1. The van der Waals surface area contributed by atoms with Crippen LogP contribution in [0.1, 0.15) is 35.8 Å². The van der Waals surface area contributed by atoms with Crippen molar-refractivity contribution in [3.8, 4) is 0 Å². The van der Waals surface area contributed by atoms with E-state index < -0.39 is 12.1 Å². The van der Waals surface area contributed by atoms with Crippen molar-refractivity contribution in [2.45, 2.75) is 18.9 Å². The van der Waals surface area contributed by atoms with Crippen LogP contribution in [-0.4, -0.2) is 16.1 Å². The summed E-state index contributed by atoms with van der Waals surface area (Å²) in [5.74, 6) is -1.15. The standard InChI is InChI=1S/C17H17NO3.Li/c19-16(10-11-17(20)21)14-7-4-13(5-8-14)6-9-15-3-1-2-12-18-15;/h1-9,12,16,19H,10-11H2,(H,20,21);/q;+1/p-1/b9-6+;. The maximum atomic E-state index is 10.4. The Bertz CT molecular complexity index is 612. The quantitative estimate of drug-likeness (QED) is 0.679. The summed E-state index contributed by atoms with van der Waals surface area (Å²) in [6.07, 6.45) is 4.79. The summed E-state index contributed by atoms with van der Waals surface area (Å²) in [5.41, 5.74) is 2.55. The van der Waals surface area contributed by atoms with Crippen molar-refractivity contribution in [1.82, 2.24) is 4.98 Å². The molecule has 1 aromatic carbocycles. The minimum atomic E-state index is -1.15. The number of benzene rings is 1. The van der Waals surface area contributed by atoms with Gasteiger partial charge in [0.25, 0.3) is 0 Å². The van der Waals surface area contributed by atoms with Gasteiger partial charge in [0.1, 0.15) is 0 Å². The number of aliphatic hydroxyl groups is 1. The molecule has 0 spiro atoms. The number of hydrogen-bond donors (Lipinski definition) is 1. The van der Waals surface area contributed by atoms with Crippen molar-refractivity contribution >= 4 is 18.1 Å². The van der Waals surface area contributed by atoms with E-state index in [1.165, 1.54) is 0 Å². The van der Waals surface area contributed by atoms with Crippen LogP contribution in [0, 0.1) is 0 Å². The van der Waals surface area contributed by atoms with Crippen molar-refractivity contribution < 1.29 is 33.9 Å². The molecule has 0 fully saturated rings. The summed E-state index contributed by atoms with van der Waals surface area (Å²) in [6, 6.07) is 13.0. The Balaban J connectivity index is 0.00000242. The summed E-state index contributed by atoms with van der Waals surface area (Å²) in [7, 11) is 0. The fourth-order valence-corrected chi connectivity index (χ4v) is 1.91. The van der Waals surface area contributed by atoms with E-state index in [1.807, 2.05) is 42.5 Å². The number of rotatable bonds is 6. The van der Waals surface area contributed by atoms with Crippen LogP contribution in [0.2, 0.25) is 0 Å². The fraction of sp³-hybridized carbons (Fsp3) is 0.176. The third-order valence-electron chi connectivity index (χ3n) is 3.08. The van der Waals surface area contributed by atoms with E-state index >= 15 is 0 Å². The summed E-state index contributed by atoms with van der Waals surface area (Å²) in [4.78, 5) is 14.6. The number of carboxylic acid groups (broad SMARTS) is 1. The monoisotopic (exact) mass is 289 g/mol. The Morgan fingerprint density at radius 2 is 1.91 bits per heavy atom. The van der Waals surface area contributed by atoms with Gasteiger partial charge >= 0.3 is 18.9 Å². The van der Waals surface area contributed by atoms with Gasteiger partial charge in [-0.05, 0) is 42.2 Å². The Kier molecular flexibility index (Phi) is 7.62. The van der Waals surface area contributed by atoms with Crippen LogP contribution >= 0.6 is 0 Å². The van der Waals surface area contributed by atoms with Crippen LogP contribution in [0.4, 0.5) is 0 Å². The van der Waals surface area contributed by atoms with E-state index in [0.717, 1.165) is 11.3 Å². The maximum Gasteiger partial charge on any atom is 1.00 e. The van der Waals surface area contributed by atoms with Gasteiger partial charge in [-0.1, -0.05) is 36.4 Å². The molecule has 0 aliphatic rings. The third kappa shape index (κ3) is 5.86. The number of carboxylic acids is 1. The van der Waals surface area contributed by atoms with Gasteiger partial charge in [0.2, 0.25) is 0 Å². The van der Waals surface area contributed by atoms with Gasteiger partial charge in [0.15, 0.2) is 0 Å². The first-order valence-corrected chi connectivity index (χ1v) is 6.72. The zero-order chi connectivity index (χ0) is 15.1. The van der Waals surface area contributed by atoms with E-state index in [1.54, 1.807) is 18.3 Å². The van der Waals surface area contributed by atoms with Gasteiger partial charge < -0.3 is 15.0 Å². The molecule has 4 nitrogen and oxygen atoms in total. The SMILES string of the molecule is O=C([O-])CCC(O)c1ccc(/C=C/c2ccccn2)cc1.[Li+]. The van der Waals surface area contributed by atoms with E-state index in [0.29, 0.717) is 5.56 Å². The molecule has 2 rings (SSSR count). The number of carbonyl (C=O) groups excluding carboxylic acids is 1. The number of aliphatic carboxylic acids is 1. The second-order valence-corrected chi connectivity index (χ2v) is 4.68. The molecule has 1 heterocycles. The van der Waals surface area contributed by atoms with E-state index in [-0.39, 0.29) is 31.7 Å². The van der Waals surface area contributed by atoms with Crippen molar-refractivity contribution in [3.63, 3.8) is 0 Å². The number of aromatic nitrogens is 1. The Morgan fingerprint density at radius 3 is 2.50 bits per heavy atom. The number of carbonyl (C=O) groups is 1. The first-order chi connectivity index (χ1) is 10.1. The normalized spacial score (nSPS) is 11.9. The fourth-order valence-electron chi connectivity index (χ4n) is 1.91. The van der Waals surface area contributed by atoms with Crippen LogP contribution in [0.15, 0.2) is 48.7 Å². The Morgan fingerprint density at radius 1 is 1.18 bits per heavy atom. The molecule has 5 heteroatoms. The third-order valence-corrected chi connectivity index (χ3v) is 3.08. The number of nitrogens with zero attached hydrogens (tertiary/aromatic N) is 1. The molecular formula is C17H16LiNO3. The average Bonchev–Trinajstić information content (AvgIpc) is 2.52. The van der Waals surface area contributed by atoms with E-state index in [2.05, 4.69) is 4.98 Å². The van der Waals surface area contributed by atoms with E-state index in [9.17, 15) is 15.0 Å². The molecule has 0 saturated carbocycles. The smallest absolute Gasteiger partial charge is 0.550 e. The van der Waals surface area contributed by atoms with Crippen LogP contribution < -0.4 is 24.0 Å². The average molecular weight is 289 g/mol. The Hall–Kier alpha value is -1.86. The molecule has 0 aliphatic heterocycles. The predicted molar refractivity (Wildman–Crippen MR) is 78.8 cm³/mol. The summed E-state index contributed by atoms with van der Waals surface area (Å²) >= 11 is 0. The van der Waals surface area contributed by atoms with Crippen molar-refractivity contribution in [2.75, 3.05) is 0 Å². The maximum absolute atomic E-state index is 10.4. The van der Waals surface area contributed by atoms with Crippen LogP contribution in [-0.2, 0) is 4.79 Å². The molecule has 22 heavy (non-hydrogen) atoms. The first kappa shape index (κ1) is 18.2. The van der Waals surface area contributed by atoms with Gasteiger partial charge in [-0.2, -0.15) is 0 Å². The number of hydrogen-bond acceptors (Lipinski definition) is 4. The van der Waals surface area contributed by atoms with Gasteiger partial charge in [-0.15, -0.1) is 0 Å². The minimum absolute atomic E-state index is 0.